The van der Waals surface area contributed by atoms with Crippen LogP contribution in [-0.4, -0.2) is 70.1 Å². The van der Waals surface area contributed by atoms with Crippen LogP contribution in [0.2, 0.25) is 0 Å². The van der Waals surface area contributed by atoms with Gasteiger partial charge < -0.3 is 20.1 Å². The number of nitrogens with zero attached hydrogens (tertiary/aromatic N) is 4. The van der Waals surface area contributed by atoms with Gasteiger partial charge in [-0.05, 0) is 25.7 Å². The lowest BCUT2D eigenvalue weighted by atomic mass is 9.97. The lowest BCUT2D eigenvalue weighted by molar-refractivity contribution is -0.131. The highest BCUT2D eigenvalue weighted by Gasteiger charge is 2.41. The van der Waals surface area contributed by atoms with E-state index in [0.717, 1.165) is 31.4 Å². The molecular formula is C17H28N6O2. The van der Waals surface area contributed by atoms with E-state index in [1.54, 1.807) is 25.3 Å². The fourth-order valence-corrected chi connectivity index (χ4v) is 3.91. The van der Waals surface area contributed by atoms with Gasteiger partial charge in [0.15, 0.2) is 0 Å². The molecule has 2 atom stereocenters. The van der Waals surface area contributed by atoms with E-state index in [1.165, 1.54) is 0 Å². The highest BCUT2D eigenvalue weighted by Crippen LogP contribution is 2.35. The molecule has 2 bridgehead atoms. The summed E-state index contributed by atoms with van der Waals surface area (Å²) in [6.07, 6.45) is 7.65. The number of likely N-dealkylation sites (N-methyl/N-ethyl adjacent to an activating group) is 1. The van der Waals surface area contributed by atoms with Crippen LogP contribution in [0.1, 0.15) is 31.4 Å². The molecule has 2 unspecified atom stereocenters. The van der Waals surface area contributed by atoms with Gasteiger partial charge in [-0.2, -0.15) is 0 Å². The largest absolute Gasteiger partial charge is 0.348 e. The highest BCUT2D eigenvalue weighted by molar-refractivity contribution is 5.77. The summed E-state index contributed by atoms with van der Waals surface area (Å²) < 4.78 is 1.86. The van der Waals surface area contributed by atoms with Crippen molar-refractivity contribution in [2.24, 2.45) is 7.05 Å². The second-order valence-corrected chi connectivity index (χ2v) is 7.37. The molecule has 1 aromatic heterocycles. The summed E-state index contributed by atoms with van der Waals surface area (Å²) in [5.41, 5.74) is 0.842. The molecule has 2 N–H and O–H groups in total. The van der Waals surface area contributed by atoms with Gasteiger partial charge in [0.1, 0.15) is 0 Å². The number of nitrogens with one attached hydrogen (secondary N) is 2. The van der Waals surface area contributed by atoms with E-state index >= 15 is 0 Å². The number of piperidine rings is 1. The van der Waals surface area contributed by atoms with Crippen LogP contribution in [0.5, 0.6) is 0 Å². The highest BCUT2D eigenvalue weighted by atomic mass is 16.2. The third kappa shape index (κ3) is 4.31. The fraction of sp³-hybridized carbons (Fsp3) is 0.706. The second kappa shape index (κ2) is 7.43. The summed E-state index contributed by atoms with van der Waals surface area (Å²) in [6, 6.07) is 0.812. The van der Waals surface area contributed by atoms with Crippen molar-refractivity contribution in [3.63, 3.8) is 0 Å². The van der Waals surface area contributed by atoms with Crippen molar-refractivity contribution in [2.75, 3.05) is 20.6 Å². The van der Waals surface area contributed by atoms with Crippen molar-refractivity contribution in [3.05, 3.63) is 18.2 Å². The Morgan fingerprint density at radius 3 is 2.52 bits per heavy atom. The lowest BCUT2D eigenvalue weighted by Gasteiger charge is -2.39. The van der Waals surface area contributed by atoms with Gasteiger partial charge in [0.05, 0.1) is 25.1 Å². The number of aryl methyl sites for hydroxylation is 1. The molecule has 138 valence electrons. The first-order valence-electron chi connectivity index (χ1n) is 8.89. The van der Waals surface area contributed by atoms with E-state index in [0.29, 0.717) is 25.2 Å². The third-order valence-corrected chi connectivity index (χ3v) is 5.22. The number of fused-ring (bicyclic) bond motifs is 2. The molecule has 0 saturated carbocycles. The number of carbonyl (C=O) groups excluding carboxylic acids is 2. The van der Waals surface area contributed by atoms with Gasteiger partial charge in [0.2, 0.25) is 5.91 Å². The average molecular weight is 348 g/mol. The molecule has 0 spiro atoms. The van der Waals surface area contributed by atoms with E-state index in [9.17, 15) is 9.59 Å². The summed E-state index contributed by atoms with van der Waals surface area (Å²) in [5, 5.41) is 5.95. The van der Waals surface area contributed by atoms with Crippen LogP contribution in [0, 0.1) is 0 Å². The normalized spacial score (nSPS) is 25.6. The molecule has 0 aromatic carbocycles. The molecule has 25 heavy (non-hydrogen) atoms. The predicted octanol–water partition coefficient (Wildman–Crippen LogP) is 0.303. The molecule has 0 radical (unpaired) electrons. The standard InChI is InChI=1S/C17H28N6O2/c1-21(2)16(24)10-23-14-4-5-15(23)7-12(6-14)20-17(25)18-8-13-9-22(3)11-19-13/h9,11-12,14-15H,4-8,10H2,1-3H3,(H2,18,20,25). The van der Waals surface area contributed by atoms with Gasteiger partial charge in [-0.1, -0.05) is 0 Å². The van der Waals surface area contributed by atoms with Crippen molar-refractivity contribution in [1.29, 1.82) is 0 Å². The summed E-state index contributed by atoms with van der Waals surface area (Å²) in [5.74, 6) is 0.149. The third-order valence-electron chi connectivity index (χ3n) is 5.22. The molecule has 8 nitrogen and oxygen atoms in total. The van der Waals surface area contributed by atoms with Gasteiger partial charge in [-0.25, -0.2) is 9.78 Å². The van der Waals surface area contributed by atoms with E-state index in [4.69, 9.17) is 0 Å². The summed E-state index contributed by atoms with van der Waals surface area (Å²) >= 11 is 0. The van der Waals surface area contributed by atoms with E-state index in [-0.39, 0.29) is 18.0 Å². The monoisotopic (exact) mass is 348 g/mol. The van der Waals surface area contributed by atoms with E-state index in [1.807, 2.05) is 17.8 Å². The number of hydrogen-bond donors (Lipinski definition) is 2. The zero-order chi connectivity index (χ0) is 18.0. The van der Waals surface area contributed by atoms with Gasteiger partial charge in [0.25, 0.3) is 0 Å². The zero-order valence-corrected chi connectivity index (χ0v) is 15.2. The topological polar surface area (TPSA) is 82.5 Å². The number of imidazole rings is 1. The molecule has 1 aromatic rings. The van der Waals surface area contributed by atoms with Crippen LogP contribution in [0.25, 0.3) is 0 Å². The molecule has 2 aliphatic rings. The predicted molar refractivity (Wildman–Crippen MR) is 93.8 cm³/mol. The Hall–Kier alpha value is -2.09. The summed E-state index contributed by atoms with van der Waals surface area (Å²) in [6.45, 7) is 0.913. The number of rotatable bonds is 5. The molecule has 2 fully saturated rings. The van der Waals surface area contributed by atoms with Gasteiger partial charge >= 0.3 is 6.03 Å². The van der Waals surface area contributed by atoms with Gasteiger partial charge in [-0.15, -0.1) is 0 Å². The first-order chi connectivity index (χ1) is 11.9. The van der Waals surface area contributed by atoms with E-state index < -0.39 is 0 Å². The number of amides is 3. The average Bonchev–Trinajstić information content (AvgIpc) is 3.06. The number of urea groups is 1. The maximum Gasteiger partial charge on any atom is 0.315 e. The minimum Gasteiger partial charge on any atom is -0.348 e. The van der Waals surface area contributed by atoms with Crippen LogP contribution in [0.3, 0.4) is 0 Å². The van der Waals surface area contributed by atoms with Crippen LogP contribution in [-0.2, 0) is 18.4 Å². The Morgan fingerprint density at radius 1 is 1.28 bits per heavy atom. The first-order valence-corrected chi connectivity index (χ1v) is 8.89. The molecule has 2 aliphatic heterocycles. The van der Waals surface area contributed by atoms with Gasteiger partial charge in [0, 0.05) is 45.5 Å². The molecule has 3 heterocycles. The Morgan fingerprint density at radius 2 is 1.96 bits per heavy atom. The summed E-state index contributed by atoms with van der Waals surface area (Å²) in [7, 11) is 5.50. The molecule has 2 saturated heterocycles. The SMILES string of the molecule is CN(C)C(=O)CN1C2CCC1CC(NC(=O)NCc1cn(C)cn1)C2. The maximum absolute atomic E-state index is 12.1. The van der Waals surface area contributed by atoms with Crippen LogP contribution < -0.4 is 10.6 Å². The minimum absolute atomic E-state index is 0.145. The molecule has 3 rings (SSSR count). The quantitative estimate of drug-likeness (QED) is 0.802. The number of hydrogen-bond acceptors (Lipinski definition) is 4. The van der Waals surface area contributed by atoms with Crippen LogP contribution >= 0.6 is 0 Å². The second-order valence-electron chi connectivity index (χ2n) is 7.37. The fourth-order valence-electron chi connectivity index (χ4n) is 3.91. The lowest BCUT2D eigenvalue weighted by Crippen LogP contribution is -2.54. The first kappa shape index (κ1) is 17.7. The molecule has 0 aliphatic carbocycles. The van der Waals surface area contributed by atoms with Crippen LogP contribution in [0.4, 0.5) is 4.79 Å². The number of aromatic nitrogens is 2. The van der Waals surface area contributed by atoms with Crippen molar-refractivity contribution in [1.82, 2.24) is 30.0 Å². The minimum atomic E-state index is -0.145. The Labute approximate surface area is 148 Å². The molecular weight excluding hydrogens is 320 g/mol. The summed E-state index contributed by atoms with van der Waals surface area (Å²) in [4.78, 5) is 32.3. The number of carbonyl (C=O) groups is 2. The van der Waals surface area contributed by atoms with Crippen molar-refractivity contribution in [3.8, 4) is 0 Å². The van der Waals surface area contributed by atoms with Crippen molar-refractivity contribution < 1.29 is 9.59 Å². The van der Waals surface area contributed by atoms with Crippen molar-refractivity contribution >= 4 is 11.9 Å². The Kier molecular flexibility index (Phi) is 5.27. The Bertz CT molecular complexity index is 614. The zero-order valence-electron chi connectivity index (χ0n) is 15.2. The Balaban J connectivity index is 1.46. The maximum atomic E-state index is 12.1. The van der Waals surface area contributed by atoms with Crippen molar-refractivity contribution in [2.45, 2.75) is 50.4 Å². The smallest absolute Gasteiger partial charge is 0.315 e. The van der Waals surface area contributed by atoms with Gasteiger partial charge in [-0.3, -0.25) is 9.69 Å². The molecule has 8 heteroatoms. The molecule has 3 amide bonds. The van der Waals surface area contributed by atoms with Crippen LogP contribution in [0.15, 0.2) is 12.5 Å². The van der Waals surface area contributed by atoms with E-state index in [2.05, 4.69) is 20.5 Å².